The Hall–Kier alpha value is -2.66. The third-order valence-corrected chi connectivity index (χ3v) is 4.42. The first-order valence-electron chi connectivity index (χ1n) is 8.95. The van der Waals surface area contributed by atoms with E-state index in [0.29, 0.717) is 6.61 Å². The second-order valence-electron chi connectivity index (χ2n) is 6.42. The van der Waals surface area contributed by atoms with Crippen molar-refractivity contribution in [2.24, 2.45) is 0 Å². The molecule has 0 atom stereocenters. The fraction of sp³-hybridized carbons (Fsp3) is 0.304. The highest BCUT2D eigenvalue weighted by Crippen LogP contribution is 2.25. The molecule has 3 rings (SSSR count). The predicted octanol–water partition coefficient (Wildman–Crippen LogP) is 5.06. The Kier molecular flexibility index (Phi) is 6.17. The van der Waals surface area contributed by atoms with Crippen LogP contribution in [0, 0.1) is 12.3 Å². The molecular weight excluding hydrogens is 306 g/mol. The molecule has 0 N–H and O–H groups in total. The molecule has 2 aliphatic rings. The lowest BCUT2D eigenvalue weighted by Crippen LogP contribution is -2.27. The number of allylic oxidation sites excluding steroid dienone is 6. The van der Waals surface area contributed by atoms with Crippen LogP contribution in [0.5, 0.6) is 5.75 Å². The second-order valence-corrected chi connectivity index (χ2v) is 6.42. The first kappa shape index (κ1) is 17.2. The average molecular weight is 331 g/mol. The van der Waals surface area contributed by atoms with E-state index in [1.165, 1.54) is 16.8 Å². The van der Waals surface area contributed by atoms with E-state index in [1.54, 1.807) is 0 Å². The lowest BCUT2D eigenvalue weighted by Gasteiger charge is -2.26. The molecule has 2 heteroatoms. The molecule has 0 aliphatic heterocycles. The highest BCUT2D eigenvalue weighted by atomic mass is 16.5. The quantitative estimate of drug-likeness (QED) is 0.463. The summed E-state index contributed by atoms with van der Waals surface area (Å²) in [5.41, 5.74) is 4.15. The van der Waals surface area contributed by atoms with Crippen molar-refractivity contribution < 1.29 is 4.74 Å². The molecule has 0 spiro atoms. The number of unbranched alkanes of at least 4 members (excludes halogenated alkanes) is 1. The molecule has 2 aliphatic carbocycles. The average Bonchev–Trinajstić information content (AvgIpc) is 3.33. The molecule has 0 saturated carbocycles. The fourth-order valence-electron chi connectivity index (χ4n) is 3.06. The summed E-state index contributed by atoms with van der Waals surface area (Å²) in [5, 5.41) is 0. The van der Waals surface area contributed by atoms with E-state index >= 15 is 0 Å². The number of hydrogen-bond acceptors (Lipinski definition) is 2. The van der Waals surface area contributed by atoms with E-state index in [0.717, 1.165) is 44.5 Å². The Morgan fingerprint density at radius 3 is 2.12 bits per heavy atom. The highest BCUT2D eigenvalue weighted by Gasteiger charge is 2.13. The van der Waals surface area contributed by atoms with Crippen LogP contribution in [0.1, 0.15) is 25.7 Å². The summed E-state index contributed by atoms with van der Waals surface area (Å²) >= 11 is 0. The van der Waals surface area contributed by atoms with Crippen LogP contribution in [-0.2, 0) is 0 Å². The van der Waals surface area contributed by atoms with Crippen LogP contribution in [0.4, 0.5) is 5.69 Å². The largest absolute Gasteiger partial charge is 0.494 e. The molecule has 0 amide bonds. The molecular formula is C23H25NO. The van der Waals surface area contributed by atoms with Gasteiger partial charge in [-0.2, -0.15) is 0 Å². The van der Waals surface area contributed by atoms with E-state index in [2.05, 4.69) is 71.5 Å². The van der Waals surface area contributed by atoms with E-state index in [1.807, 2.05) is 0 Å². The van der Waals surface area contributed by atoms with Crippen LogP contribution in [0.2, 0.25) is 0 Å². The summed E-state index contributed by atoms with van der Waals surface area (Å²) < 4.78 is 5.75. The number of anilines is 1. The number of rotatable bonds is 9. The van der Waals surface area contributed by atoms with Gasteiger partial charge in [-0.1, -0.05) is 36.5 Å². The second kappa shape index (κ2) is 8.99. The first-order valence-corrected chi connectivity index (χ1v) is 8.95. The third-order valence-electron chi connectivity index (χ3n) is 4.42. The molecule has 128 valence electrons. The number of ether oxygens (including phenoxy) is 1. The van der Waals surface area contributed by atoms with Gasteiger partial charge >= 0.3 is 0 Å². The zero-order valence-electron chi connectivity index (χ0n) is 14.7. The van der Waals surface area contributed by atoms with Crippen LogP contribution in [0.3, 0.4) is 0 Å². The van der Waals surface area contributed by atoms with Gasteiger partial charge in [-0.3, -0.25) is 0 Å². The summed E-state index contributed by atoms with van der Waals surface area (Å²) in [5.74, 6) is 3.55. The van der Waals surface area contributed by atoms with Gasteiger partial charge in [0.05, 0.1) is 6.61 Å². The summed E-state index contributed by atoms with van der Waals surface area (Å²) in [7, 11) is 0. The van der Waals surface area contributed by atoms with Gasteiger partial charge < -0.3 is 9.64 Å². The molecule has 0 heterocycles. The van der Waals surface area contributed by atoms with Gasteiger partial charge in [-0.25, -0.2) is 0 Å². The van der Waals surface area contributed by atoms with Crippen LogP contribution in [-0.4, -0.2) is 19.7 Å². The standard InChI is InChI=1S/C23H25NO/c1-2-3-8-17-25-23-15-13-22(14-16-23)24(18-20-9-4-5-10-20)19-21-11-6-7-12-21/h1,4-7,9,11,13-16H,3,8,10,12,17-19H2. The summed E-state index contributed by atoms with van der Waals surface area (Å²) in [6, 6.07) is 8.42. The molecule has 25 heavy (non-hydrogen) atoms. The molecule has 2 nitrogen and oxygen atoms in total. The maximum atomic E-state index is 5.75. The minimum Gasteiger partial charge on any atom is -0.494 e. The summed E-state index contributed by atoms with van der Waals surface area (Å²) in [6.07, 6.45) is 22.2. The lowest BCUT2D eigenvalue weighted by atomic mass is 10.1. The number of benzene rings is 1. The van der Waals surface area contributed by atoms with Crippen molar-refractivity contribution >= 4 is 5.69 Å². The number of nitrogens with zero attached hydrogens (tertiary/aromatic N) is 1. The van der Waals surface area contributed by atoms with Gasteiger partial charge in [-0.15, -0.1) is 12.3 Å². The Morgan fingerprint density at radius 2 is 1.60 bits per heavy atom. The van der Waals surface area contributed by atoms with Crippen LogP contribution < -0.4 is 9.64 Å². The van der Waals surface area contributed by atoms with Crippen LogP contribution >= 0.6 is 0 Å². The summed E-state index contributed by atoms with van der Waals surface area (Å²) in [6.45, 7) is 2.60. The zero-order chi connectivity index (χ0) is 17.3. The zero-order valence-corrected chi connectivity index (χ0v) is 14.7. The fourth-order valence-corrected chi connectivity index (χ4v) is 3.06. The predicted molar refractivity (Wildman–Crippen MR) is 106 cm³/mol. The van der Waals surface area contributed by atoms with Crippen LogP contribution in [0.25, 0.3) is 0 Å². The number of terminal acetylenes is 1. The van der Waals surface area contributed by atoms with Gasteiger partial charge in [0.1, 0.15) is 5.75 Å². The van der Waals surface area contributed by atoms with Crippen molar-refractivity contribution in [3.63, 3.8) is 0 Å². The molecule has 0 radical (unpaired) electrons. The van der Waals surface area contributed by atoms with Gasteiger partial charge in [0.25, 0.3) is 0 Å². The molecule has 0 saturated heterocycles. The smallest absolute Gasteiger partial charge is 0.119 e. The summed E-state index contributed by atoms with van der Waals surface area (Å²) in [4.78, 5) is 2.44. The maximum Gasteiger partial charge on any atom is 0.119 e. The van der Waals surface area contributed by atoms with Crippen LogP contribution in [0.15, 0.2) is 71.9 Å². The molecule has 0 bridgehead atoms. The van der Waals surface area contributed by atoms with E-state index in [9.17, 15) is 0 Å². The van der Waals surface area contributed by atoms with Gasteiger partial charge in [0.2, 0.25) is 0 Å². The topological polar surface area (TPSA) is 12.5 Å². The van der Waals surface area contributed by atoms with Crippen molar-refractivity contribution in [1.82, 2.24) is 0 Å². The lowest BCUT2D eigenvalue weighted by molar-refractivity contribution is 0.313. The van der Waals surface area contributed by atoms with Gasteiger partial charge in [-0.05, 0) is 54.7 Å². The van der Waals surface area contributed by atoms with Gasteiger partial charge in [0, 0.05) is 25.2 Å². The van der Waals surface area contributed by atoms with E-state index < -0.39 is 0 Å². The molecule has 0 unspecified atom stereocenters. The minimum atomic E-state index is 0.671. The Balaban J connectivity index is 1.63. The Morgan fingerprint density at radius 1 is 0.960 bits per heavy atom. The number of hydrogen-bond donors (Lipinski definition) is 0. The van der Waals surface area contributed by atoms with Crippen molar-refractivity contribution in [3.8, 4) is 18.1 Å². The third kappa shape index (κ3) is 5.16. The van der Waals surface area contributed by atoms with Crippen molar-refractivity contribution in [2.75, 3.05) is 24.6 Å². The molecule has 1 aromatic carbocycles. The molecule has 1 aromatic rings. The Labute approximate surface area is 151 Å². The van der Waals surface area contributed by atoms with Crippen molar-refractivity contribution in [2.45, 2.75) is 25.7 Å². The van der Waals surface area contributed by atoms with Gasteiger partial charge in [0.15, 0.2) is 0 Å². The highest BCUT2D eigenvalue weighted by molar-refractivity contribution is 5.52. The van der Waals surface area contributed by atoms with Crippen molar-refractivity contribution in [3.05, 3.63) is 71.9 Å². The van der Waals surface area contributed by atoms with E-state index in [-0.39, 0.29) is 0 Å². The van der Waals surface area contributed by atoms with E-state index in [4.69, 9.17) is 11.2 Å². The van der Waals surface area contributed by atoms with Crippen molar-refractivity contribution in [1.29, 1.82) is 0 Å². The molecule has 0 aromatic heterocycles. The maximum absolute atomic E-state index is 5.75. The first-order chi connectivity index (χ1) is 12.3. The monoisotopic (exact) mass is 331 g/mol. The SMILES string of the molecule is C#CCCCOc1ccc(N(CC2=CC=CC2)CC2=CC=CC2)cc1. The molecule has 0 fully saturated rings. The normalized spacial score (nSPS) is 15.0. The Bertz CT molecular complexity index is 696. The minimum absolute atomic E-state index is 0.671.